The van der Waals surface area contributed by atoms with Crippen LogP contribution in [0.4, 0.5) is 0 Å². The summed E-state index contributed by atoms with van der Waals surface area (Å²) in [5.74, 6) is -0.821. The average Bonchev–Trinajstić information content (AvgIpc) is 2.36. The Bertz CT molecular complexity index is 448. The minimum absolute atomic E-state index is 0.127. The fraction of sp³-hybridized carbons (Fsp3) is 0.429. The van der Waals surface area contributed by atoms with Gasteiger partial charge in [-0.1, -0.05) is 25.1 Å². The van der Waals surface area contributed by atoms with Gasteiger partial charge in [0.25, 0.3) is 0 Å². The monoisotopic (exact) mass is 281 g/mol. The van der Waals surface area contributed by atoms with E-state index >= 15 is 0 Å². The summed E-state index contributed by atoms with van der Waals surface area (Å²) >= 11 is 1.45. The van der Waals surface area contributed by atoms with Crippen LogP contribution in [0.5, 0.6) is 0 Å². The van der Waals surface area contributed by atoms with E-state index < -0.39 is 5.97 Å². The van der Waals surface area contributed by atoms with E-state index in [-0.39, 0.29) is 18.2 Å². The van der Waals surface area contributed by atoms with Crippen molar-refractivity contribution in [2.75, 3.05) is 18.8 Å². The SMILES string of the molecule is CCCN(CC(=O)O)C(=O)CSc1ccccc1C. The number of carbonyl (C=O) groups is 2. The third kappa shape index (κ3) is 5.34. The van der Waals surface area contributed by atoms with Gasteiger partial charge in [0.1, 0.15) is 6.54 Å². The molecule has 0 aliphatic rings. The maximum atomic E-state index is 12.0. The van der Waals surface area contributed by atoms with Gasteiger partial charge in [0.15, 0.2) is 0 Å². The van der Waals surface area contributed by atoms with Crippen molar-refractivity contribution in [1.29, 1.82) is 0 Å². The van der Waals surface area contributed by atoms with Crippen molar-refractivity contribution < 1.29 is 14.7 Å². The third-order valence-corrected chi connectivity index (χ3v) is 3.78. The van der Waals surface area contributed by atoms with Crippen molar-refractivity contribution in [3.63, 3.8) is 0 Å². The van der Waals surface area contributed by atoms with Crippen LogP contribution in [0.1, 0.15) is 18.9 Å². The van der Waals surface area contributed by atoms with Crippen LogP contribution in [0.2, 0.25) is 0 Å². The van der Waals surface area contributed by atoms with Crippen LogP contribution in [0.25, 0.3) is 0 Å². The maximum absolute atomic E-state index is 12.0. The second kappa shape index (κ2) is 7.84. The standard InChI is InChI=1S/C14H19NO3S/c1-3-8-15(9-14(17)18)13(16)10-19-12-7-5-4-6-11(12)2/h4-7H,3,8-10H2,1-2H3,(H,17,18). The van der Waals surface area contributed by atoms with Crippen molar-refractivity contribution in [3.8, 4) is 0 Å². The van der Waals surface area contributed by atoms with Crippen molar-refractivity contribution >= 4 is 23.6 Å². The van der Waals surface area contributed by atoms with Crippen LogP contribution in [-0.4, -0.2) is 40.7 Å². The van der Waals surface area contributed by atoms with Gasteiger partial charge >= 0.3 is 5.97 Å². The maximum Gasteiger partial charge on any atom is 0.323 e. The Morgan fingerprint density at radius 3 is 2.58 bits per heavy atom. The Hall–Kier alpha value is -1.49. The Balaban J connectivity index is 2.57. The van der Waals surface area contributed by atoms with Crippen LogP contribution >= 0.6 is 11.8 Å². The van der Waals surface area contributed by atoms with Crippen LogP contribution in [-0.2, 0) is 9.59 Å². The number of amides is 1. The Labute approximate surface area is 117 Å². The van der Waals surface area contributed by atoms with E-state index in [1.165, 1.54) is 16.7 Å². The minimum atomic E-state index is -0.970. The third-order valence-electron chi connectivity index (χ3n) is 2.62. The molecule has 0 aliphatic carbocycles. The van der Waals surface area contributed by atoms with Crippen LogP contribution in [0.3, 0.4) is 0 Å². The molecule has 0 aromatic heterocycles. The molecule has 0 aliphatic heterocycles. The van der Waals surface area contributed by atoms with E-state index in [2.05, 4.69) is 0 Å². The summed E-state index contributed by atoms with van der Waals surface area (Å²) in [5, 5.41) is 8.79. The van der Waals surface area contributed by atoms with Gasteiger partial charge in [-0.25, -0.2) is 0 Å². The topological polar surface area (TPSA) is 57.6 Å². The first kappa shape index (κ1) is 15.6. The predicted octanol–water partition coefficient (Wildman–Crippen LogP) is 2.41. The van der Waals surface area contributed by atoms with Gasteiger partial charge in [-0.2, -0.15) is 0 Å². The number of rotatable bonds is 7. The Morgan fingerprint density at radius 1 is 1.32 bits per heavy atom. The lowest BCUT2D eigenvalue weighted by Crippen LogP contribution is -2.37. The number of nitrogens with zero attached hydrogens (tertiary/aromatic N) is 1. The number of thioether (sulfide) groups is 1. The molecule has 1 N–H and O–H groups in total. The molecule has 0 unspecified atom stereocenters. The lowest BCUT2D eigenvalue weighted by Gasteiger charge is -2.19. The van der Waals surface area contributed by atoms with E-state index in [1.54, 1.807) is 0 Å². The zero-order valence-corrected chi connectivity index (χ0v) is 12.1. The number of benzene rings is 1. The number of hydrogen-bond acceptors (Lipinski definition) is 3. The number of carboxylic acid groups (broad SMARTS) is 1. The van der Waals surface area contributed by atoms with E-state index in [4.69, 9.17) is 5.11 Å². The molecule has 0 radical (unpaired) electrons. The van der Waals surface area contributed by atoms with Crippen molar-refractivity contribution in [2.24, 2.45) is 0 Å². The minimum Gasteiger partial charge on any atom is -0.480 e. The summed E-state index contributed by atoms with van der Waals surface area (Å²) in [4.78, 5) is 25.2. The number of carboxylic acids is 1. The largest absolute Gasteiger partial charge is 0.480 e. The number of hydrogen-bond donors (Lipinski definition) is 1. The summed E-state index contributed by atoms with van der Waals surface area (Å²) in [7, 11) is 0. The molecule has 1 aromatic carbocycles. The molecule has 1 amide bonds. The lowest BCUT2D eigenvalue weighted by atomic mass is 10.2. The van der Waals surface area contributed by atoms with Gasteiger partial charge in [0.05, 0.1) is 5.75 Å². The second-order valence-corrected chi connectivity index (χ2v) is 5.28. The molecule has 0 bridgehead atoms. The summed E-state index contributed by atoms with van der Waals surface area (Å²) in [6, 6.07) is 7.85. The summed E-state index contributed by atoms with van der Waals surface area (Å²) in [6.07, 6.45) is 0.758. The van der Waals surface area contributed by atoms with Crippen molar-refractivity contribution in [3.05, 3.63) is 29.8 Å². The summed E-state index contributed by atoms with van der Waals surface area (Å²) < 4.78 is 0. The molecule has 0 spiro atoms. The van der Waals surface area contributed by atoms with E-state index in [0.29, 0.717) is 6.54 Å². The molecule has 0 fully saturated rings. The molecule has 1 aromatic rings. The molecule has 5 heteroatoms. The molecule has 19 heavy (non-hydrogen) atoms. The average molecular weight is 281 g/mol. The Kier molecular flexibility index (Phi) is 6.42. The van der Waals surface area contributed by atoms with Crippen molar-refractivity contribution in [2.45, 2.75) is 25.2 Å². The van der Waals surface area contributed by atoms with Gasteiger partial charge in [-0.05, 0) is 25.0 Å². The molecular weight excluding hydrogens is 262 g/mol. The molecule has 104 valence electrons. The van der Waals surface area contributed by atoms with Gasteiger partial charge in [-0.3, -0.25) is 9.59 Å². The van der Waals surface area contributed by atoms with Gasteiger partial charge in [-0.15, -0.1) is 11.8 Å². The first-order chi connectivity index (χ1) is 9.04. The van der Waals surface area contributed by atoms with Crippen LogP contribution < -0.4 is 0 Å². The van der Waals surface area contributed by atoms with Crippen LogP contribution in [0.15, 0.2) is 29.2 Å². The molecule has 0 heterocycles. The fourth-order valence-corrected chi connectivity index (χ4v) is 2.61. The van der Waals surface area contributed by atoms with E-state index in [9.17, 15) is 9.59 Å². The quantitative estimate of drug-likeness (QED) is 0.780. The molecule has 0 saturated carbocycles. The second-order valence-electron chi connectivity index (χ2n) is 4.26. The highest BCUT2D eigenvalue weighted by molar-refractivity contribution is 8.00. The molecule has 1 rings (SSSR count). The molecule has 0 saturated heterocycles. The summed E-state index contributed by atoms with van der Waals surface area (Å²) in [6.45, 7) is 4.19. The number of aryl methyl sites for hydroxylation is 1. The zero-order chi connectivity index (χ0) is 14.3. The van der Waals surface area contributed by atoms with E-state index in [1.807, 2.05) is 38.1 Å². The van der Waals surface area contributed by atoms with Gasteiger partial charge in [0, 0.05) is 11.4 Å². The highest BCUT2D eigenvalue weighted by atomic mass is 32.2. The van der Waals surface area contributed by atoms with E-state index in [0.717, 1.165) is 16.9 Å². The first-order valence-electron chi connectivity index (χ1n) is 6.22. The fourth-order valence-electron chi connectivity index (χ4n) is 1.67. The zero-order valence-electron chi connectivity index (χ0n) is 11.3. The number of carbonyl (C=O) groups excluding carboxylic acids is 1. The lowest BCUT2D eigenvalue weighted by molar-refractivity contribution is -0.143. The van der Waals surface area contributed by atoms with Crippen LogP contribution in [0, 0.1) is 6.92 Å². The van der Waals surface area contributed by atoms with Gasteiger partial charge < -0.3 is 10.0 Å². The molecule has 0 atom stereocenters. The highest BCUT2D eigenvalue weighted by Crippen LogP contribution is 2.22. The predicted molar refractivity (Wildman–Crippen MR) is 76.4 cm³/mol. The normalized spacial score (nSPS) is 10.2. The molecule has 4 nitrogen and oxygen atoms in total. The smallest absolute Gasteiger partial charge is 0.323 e. The molecular formula is C14H19NO3S. The highest BCUT2D eigenvalue weighted by Gasteiger charge is 2.16. The number of aliphatic carboxylic acids is 1. The van der Waals surface area contributed by atoms with Crippen molar-refractivity contribution in [1.82, 2.24) is 4.90 Å². The first-order valence-corrected chi connectivity index (χ1v) is 7.21. The van der Waals surface area contributed by atoms with Gasteiger partial charge in [0.2, 0.25) is 5.91 Å². The summed E-state index contributed by atoms with van der Waals surface area (Å²) in [5.41, 5.74) is 1.13. The Morgan fingerprint density at radius 2 is 2.00 bits per heavy atom.